The van der Waals surface area contributed by atoms with Gasteiger partial charge >= 0.3 is 0 Å². The third kappa shape index (κ3) is 6.29. The highest BCUT2D eigenvalue weighted by Crippen LogP contribution is 2.41. The monoisotopic (exact) mass is 514 g/mol. The van der Waals surface area contributed by atoms with E-state index in [4.69, 9.17) is 0 Å². The van der Waals surface area contributed by atoms with Crippen molar-refractivity contribution >= 4 is 20.2 Å². The van der Waals surface area contributed by atoms with Gasteiger partial charge in [-0.1, -0.05) is 41.5 Å². The number of rotatable bonds is 9. The Morgan fingerprint density at radius 3 is 1.53 bits per heavy atom. The van der Waals surface area contributed by atoms with E-state index in [2.05, 4.69) is 0 Å². The van der Waals surface area contributed by atoms with Gasteiger partial charge in [-0.15, -0.1) is 0 Å². The fourth-order valence-corrected chi connectivity index (χ4v) is 5.88. The van der Waals surface area contributed by atoms with Crippen LogP contribution in [0.3, 0.4) is 0 Å². The summed E-state index contributed by atoms with van der Waals surface area (Å²) in [4.78, 5) is -0.508. The third-order valence-electron chi connectivity index (χ3n) is 6.17. The Balaban J connectivity index is 2.45. The highest BCUT2D eigenvalue weighted by molar-refractivity contribution is 7.86. The molecule has 10 heteroatoms. The number of hydrogen-bond donors (Lipinski definition) is 4. The predicted molar refractivity (Wildman–Crippen MR) is 130 cm³/mol. The average Bonchev–Trinajstić information content (AvgIpc) is 2.69. The van der Waals surface area contributed by atoms with Crippen LogP contribution in [0.5, 0.6) is 11.5 Å². The highest BCUT2D eigenvalue weighted by Gasteiger charge is 2.27. The van der Waals surface area contributed by atoms with Crippen LogP contribution in [-0.4, -0.2) is 36.2 Å². The number of phenols is 2. The molecule has 0 aliphatic heterocycles. The van der Waals surface area contributed by atoms with Crippen molar-refractivity contribution < 1.29 is 36.2 Å². The normalized spacial score (nSPS) is 14.5. The molecule has 0 aliphatic carbocycles. The molecule has 4 N–H and O–H groups in total. The van der Waals surface area contributed by atoms with Gasteiger partial charge in [-0.05, 0) is 83.0 Å². The van der Waals surface area contributed by atoms with Gasteiger partial charge in [0.2, 0.25) is 0 Å². The van der Waals surface area contributed by atoms with E-state index in [9.17, 15) is 36.2 Å². The SMILES string of the molecule is CC(C)c1cc(S(=O)(=O)O)cc(C(C)CCC(C)c2cc(O)cc(C(C)C)c2S(=O)(=O)O)c1O. The molecule has 8 nitrogen and oxygen atoms in total. The third-order valence-corrected chi connectivity index (χ3v) is 7.99. The molecule has 0 aliphatic rings. The molecule has 0 spiro atoms. The fraction of sp³-hybridized carbons (Fsp3) is 0.500. The van der Waals surface area contributed by atoms with Crippen molar-refractivity contribution in [2.24, 2.45) is 0 Å². The molecule has 34 heavy (non-hydrogen) atoms. The lowest BCUT2D eigenvalue weighted by molar-refractivity contribution is 0.444. The van der Waals surface area contributed by atoms with Crippen LogP contribution in [0.2, 0.25) is 0 Å². The van der Waals surface area contributed by atoms with E-state index < -0.39 is 20.2 Å². The molecule has 0 aromatic heterocycles. The van der Waals surface area contributed by atoms with Gasteiger partial charge < -0.3 is 10.2 Å². The lowest BCUT2D eigenvalue weighted by Gasteiger charge is -2.23. The molecule has 2 atom stereocenters. The molecule has 0 amide bonds. The Labute approximate surface area is 202 Å². The first kappa shape index (κ1) is 28.1. The highest BCUT2D eigenvalue weighted by atomic mass is 32.2. The Morgan fingerprint density at radius 1 is 0.647 bits per heavy atom. The molecular formula is C24H34O8S2. The molecule has 2 aromatic carbocycles. The predicted octanol–water partition coefficient (Wildman–Crippen LogP) is 5.53. The standard InChI is InChI=1S/C24H34O8S2/c1-13(2)19-11-18(33(27,28)29)12-21(23(19)26)15(5)7-8-16(6)22-10-17(25)9-20(14(3)4)24(22)34(30,31)32/h9-16,25-26H,7-8H2,1-6H3,(H,27,28,29)(H,30,31,32). The molecular weight excluding hydrogens is 480 g/mol. The molecule has 0 radical (unpaired) electrons. The van der Waals surface area contributed by atoms with Gasteiger partial charge in [-0.2, -0.15) is 16.8 Å². The van der Waals surface area contributed by atoms with Crippen molar-refractivity contribution in [3.05, 3.63) is 46.5 Å². The Kier molecular flexibility index (Phi) is 8.46. The number of hydrogen-bond acceptors (Lipinski definition) is 6. The number of benzene rings is 2. The summed E-state index contributed by atoms with van der Waals surface area (Å²) in [6.45, 7) is 10.7. The summed E-state index contributed by atoms with van der Waals surface area (Å²) < 4.78 is 67.4. The minimum absolute atomic E-state index is 0.0411. The van der Waals surface area contributed by atoms with E-state index in [0.717, 1.165) is 0 Å². The Morgan fingerprint density at radius 2 is 1.09 bits per heavy atom. The van der Waals surface area contributed by atoms with Crippen LogP contribution in [-0.2, 0) is 20.2 Å². The second-order valence-electron chi connectivity index (χ2n) is 9.54. The zero-order valence-corrected chi connectivity index (χ0v) is 21.9. The summed E-state index contributed by atoms with van der Waals surface area (Å²) >= 11 is 0. The van der Waals surface area contributed by atoms with Gasteiger partial charge in [-0.25, -0.2) is 0 Å². The zero-order valence-electron chi connectivity index (χ0n) is 20.3. The average molecular weight is 515 g/mol. The van der Waals surface area contributed by atoms with Crippen molar-refractivity contribution in [2.45, 2.75) is 87.8 Å². The van der Waals surface area contributed by atoms with E-state index in [-0.39, 0.29) is 50.5 Å². The molecule has 0 saturated heterocycles. The fourth-order valence-electron chi connectivity index (χ4n) is 4.18. The second-order valence-corrected chi connectivity index (χ2v) is 12.3. The summed E-state index contributed by atoms with van der Waals surface area (Å²) in [7, 11) is -9.03. The Bertz CT molecular complexity index is 1260. The first-order valence-corrected chi connectivity index (χ1v) is 14.0. The maximum absolute atomic E-state index is 12.2. The number of aromatic hydroxyl groups is 2. The number of phenolic OH excluding ortho intramolecular Hbond substituents is 2. The van der Waals surface area contributed by atoms with E-state index in [0.29, 0.717) is 29.5 Å². The summed E-state index contributed by atoms with van der Waals surface area (Å²) in [6, 6.07) is 5.17. The van der Waals surface area contributed by atoms with Crippen LogP contribution in [0.25, 0.3) is 0 Å². The smallest absolute Gasteiger partial charge is 0.295 e. The molecule has 0 bridgehead atoms. The van der Waals surface area contributed by atoms with Crippen LogP contribution in [0.1, 0.15) is 100 Å². The summed E-state index contributed by atoms with van der Waals surface area (Å²) in [5.74, 6) is -1.32. The first-order chi connectivity index (χ1) is 15.4. The van der Waals surface area contributed by atoms with Crippen molar-refractivity contribution in [2.75, 3.05) is 0 Å². The van der Waals surface area contributed by atoms with Gasteiger partial charge in [0.15, 0.2) is 0 Å². The van der Waals surface area contributed by atoms with E-state index in [1.54, 1.807) is 41.5 Å². The van der Waals surface area contributed by atoms with Crippen LogP contribution < -0.4 is 0 Å². The lowest BCUT2D eigenvalue weighted by atomic mass is 9.86. The van der Waals surface area contributed by atoms with Gasteiger partial charge in [-0.3, -0.25) is 9.11 Å². The van der Waals surface area contributed by atoms with Gasteiger partial charge in [0.25, 0.3) is 20.2 Å². The molecule has 0 heterocycles. The van der Waals surface area contributed by atoms with Crippen molar-refractivity contribution in [1.29, 1.82) is 0 Å². The van der Waals surface area contributed by atoms with Gasteiger partial charge in [0, 0.05) is 0 Å². The van der Waals surface area contributed by atoms with Gasteiger partial charge in [0.1, 0.15) is 16.4 Å². The van der Waals surface area contributed by atoms with Gasteiger partial charge in [0.05, 0.1) is 4.90 Å². The van der Waals surface area contributed by atoms with Crippen LogP contribution in [0, 0.1) is 0 Å². The molecule has 2 unspecified atom stereocenters. The van der Waals surface area contributed by atoms with Crippen LogP contribution in [0.15, 0.2) is 34.1 Å². The Hall–Kier alpha value is -2.14. The van der Waals surface area contributed by atoms with Crippen LogP contribution in [0.4, 0.5) is 0 Å². The molecule has 2 rings (SSSR count). The molecule has 2 aromatic rings. The summed E-state index contributed by atoms with van der Waals surface area (Å²) in [5, 5.41) is 20.9. The maximum Gasteiger partial charge on any atom is 0.295 e. The molecule has 0 saturated carbocycles. The quantitative estimate of drug-likeness (QED) is 0.319. The maximum atomic E-state index is 12.2. The van der Waals surface area contributed by atoms with E-state index in [1.807, 2.05) is 0 Å². The molecule has 190 valence electrons. The minimum atomic E-state index is -4.55. The van der Waals surface area contributed by atoms with Crippen molar-refractivity contribution in [1.82, 2.24) is 0 Å². The zero-order chi connectivity index (χ0) is 26.2. The summed E-state index contributed by atoms with van der Waals surface area (Å²) in [6.07, 6.45) is 0.843. The summed E-state index contributed by atoms with van der Waals surface area (Å²) in [5.41, 5.74) is 1.36. The second kappa shape index (κ2) is 10.2. The van der Waals surface area contributed by atoms with Crippen LogP contribution >= 0.6 is 0 Å². The first-order valence-electron chi connectivity index (χ1n) is 11.1. The minimum Gasteiger partial charge on any atom is -0.508 e. The topological polar surface area (TPSA) is 149 Å². The molecule has 0 fully saturated rings. The van der Waals surface area contributed by atoms with Crippen molar-refractivity contribution in [3.8, 4) is 11.5 Å². The lowest BCUT2D eigenvalue weighted by Crippen LogP contribution is -2.11. The van der Waals surface area contributed by atoms with E-state index >= 15 is 0 Å². The van der Waals surface area contributed by atoms with E-state index in [1.165, 1.54) is 24.3 Å². The van der Waals surface area contributed by atoms with Crippen molar-refractivity contribution in [3.63, 3.8) is 0 Å². The largest absolute Gasteiger partial charge is 0.508 e.